The summed E-state index contributed by atoms with van der Waals surface area (Å²) in [6, 6.07) is -3.28. The van der Waals surface area contributed by atoms with E-state index in [-0.39, 0.29) is 25.7 Å². The number of rotatable bonds is 0. The van der Waals surface area contributed by atoms with Gasteiger partial charge in [-0.15, -0.1) is 0 Å². The molecular weight excluding hydrogens is 444 g/mol. The van der Waals surface area contributed by atoms with Crippen LogP contribution in [0.3, 0.4) is 0 Å². The topological polar surface area (TPSA) is 91.6 Å². The molecule has 3 aliphatic heterocycles. The molecule has 3 fully saturated rings. The molecule has 182 valence electrons. The molecule has 0 aromatic carbocycles. The largest absolute Gasteiger partial charge is 0.421 e. The Hall–Kier alpha value is -0.800. The standard InChI is InChI=1S/C17H26F8N4O2/c18-14(19)5-3-1-2-4-10-8(16(20,21)22)6-9(26)11(27-10)12-28-29-13(31-12)15(30,7-14)17(23,24)25/h8-13,27-30H,1-7,26H2/t8?,9?,10?,11?,12?,13?,15-/m1/s1. The smallest absolute Gasteiger partial charge is 0.377 e. The number of ether oxygens (including phenoxy) is 1. The second kappa shape index (κ2) is 8.52. The Morgan fingerprint density at radius 1 is 1.00 bits per heavy atom. The van der Waals surface area contributed by atoms with Gasteiger partial charge in [0, 0.05) is 18.5 Å². The van der Waals surface area contributed by atoms with Crippen molar-refractivity contribution in [2.24, 2.45) is 11.7 Å². The maximum Gasteiger partial charge on any atom is 0.421 e. The average Bonchev–Trinajstić information content (AvgIpc) is 3.09. The molecule has 0 spiro atoms. The summed E-state index contributed by atoms with van der Waals surface area (Å²) >= 11 is 0. The van der Waals surface area contributed by atoms with Gasteiger partial charge in [-0.3, -0.25) is 0 Å². The first kappa shape index (κ1) is 24.8. The fourth-order valence-corrected chi connectivity index (χ4v) is 4.58. The van der Waals surface area contributed by atoms with E-state index in [0.29, 0.717) is 0 Å². The van der Waals surface area contributed by atoms with E-state index in [4.69, 9.17) is 10.5 Å². The molecule has 14 heteroatoms. The minimum absolute atomic E-state index is 0.0367. The zero-order chi connectivity index (χ0) is 23.2. The van der Waals surface area contributed by atoms with Crippen molar-refractivity contribution >= 4 is 0 Å². The molecule has 0 saturated carbocycles. The molecule has 0 aromatic rings. The second-order valence-electron chi connectivity index (χ2n) is 8.63. The van der Waals surface area contributed by atoms with Gasteiger partial charge in [0.2, 0.25) is 5.60 Å². The highest BCUT2D eigenvalue weighted by atomic mass is 19.4. The molecule has 4 bridgehead atoms. The van der Waals surface area contributed by atoms with E-state index < -0.39 is 79.6 Å². The number of aliphatic hydroxyl groups is 1. The molecule has 31 heavy (non-hydrogen) atoms. The predicted molar refractivity (Wildman–Crippen MR) is 91.4 cm³/mol. The van der Waals surface area contributed by atoms with Gasteiger partial charge in [-0.05, 0) is 19.3 Å². The van der Waals surface area contributed by atoms with Crippen molar-refractivity contribution in [3.63, 3.8) is 0 Å². The number of nitrogens with two attached hydrogens (primary N) is 1. The Morgan fingerprint density at radius 3 is 2.29 bits per heavy atom. The number of hydrazine groups is 1. The molecule has 0 aromatic heterocycles. The number of fused-ring (bicyclic) bond motifs is 5. The summed E-state index contributed by atoms with van der Waals surface area (Å²) in [7, 11) is 0. The fourth-order valence-electron chi connectivity index (χ4n) is 4.58. The van der Waals surface area contributed by atoms with Crippen LogP contribution in [0.2, 0.25) is 0 Å². The Kier molecular flexibility index (Phi) is 6.83. The Labute approximate surface area is 173 Å². The zero-order valence-electron chi connectivity index (χ0n) is 16.4. The molecule has 6 unspecified atom stereocenters. The lowest BCUT2D eigenvalue weighted by atomic mass is 9.81. The zero-order valence-corrected chi connectivity index (χ0v) is 16.4. The molecule has 0 aliphatic carbocycles. The van der Waals surface area contributed by atoms with Crippen molar-refractivity contribution in [3.8, 4) is 0 Å². The molecule has 0 radical (unpaired) electrons. The maximum atomic E-state index is 14.3. The van der Waals surface area contributed by atoms with E-state index in [1.54, 1.807) is 0 Å². The first-order valence-electron chi connectivity index (χ1n) is 10.1. The summed E-state index contributed by atoms with van der Waals surface area (Å²) in [6.45, 7) is 0. The Morgan fingerprint density at radius 2 is 1.68 bits per heavy atom. The number of halogens is 8. The van der Waals surface area contributed by atoms with Crippen LogP contribution in [-0.4, -0.2) is 59.6 Å². The minimum Gasteiger partial charge on any atom is -0.377 e. The van der Waals surface area contributed by atoms with Crippen LogP contribution >= 0.6 is 0 Å². The van der Waals surface area contributed by atoms with Crippen LogP contribution in [0, 0.1) is 5.92 Å². The summed E-state index contributed by atoms with van der Waals surface area (Å²) in [6.07, 6.45) is -16.9. The van der Waals surface area contributed by atoms with Crippen molar-refractivity contribution in [1.82, 2.24) is 16.2 Å². The first-order valence-corrected chi connectivity index (χ1v) is 10.1. The quantitative estimate of drug-likeness (QED) is 0.349. The third-order valence-corrected chi connectivity index (χ3v) is 6.28. The normalized spacial score (nSPS) is 42.8. The van der Waals surface area contributed by atoms with Crippen LogP contribution in [0.1, 0.15) is 44.9 Å². The van der Waals surface area contributed by atoms with Gasteiger partial charge < -0.3 is 20.9 Å². The van der Waals surface area contributed by atoms with Crippen molar-refractivity contribution < 1.29 is 45.0 Å². The van der Waals surface area contributed by atoms with Crippen LogP contribution < -0.4 is 21.9 Å². The summed E-state index contributed by atoms with van der Waals surface area (Å²) in [5, 5.41) is 13.0. The van der Waals surface area contributed by atoms with E-state index in [1.165, 1.54) is 0 Å². The highest BCUT2D eigenvalue weighted by molar-refractivity contribution is 5.03. The van der Waals surface area contributed by atoms with Crippen LogP contribution in [0.25, 0.3) is 0 Å². The summed E-state index contributed by atoms with van der Waals surface area (Å²) in [5.41, 5.74) is 6.29. The third-order valence-electron chi connectivity index (χ3n) is 6.28. The number of hydrogen-bond acceptors (Lipinski definition) is 6. The van der Waals surface area contributed by atoms with E-state index in [9.17, 15) is 40.2 Å². The van der Waals surface area contributed by atoms with Crippen LogP contribution in [-0.2, 0) is 4.74 Å². The number of hydrogen-bond donors (Lipinski definition) is 5. The molecule has 3 saturated heterocycles. The predicted octanol–water partition coefficient (Wildman–Crippen LogP) is 2.28. The molecule has 6 nitrogen and oxygen atoms in total. The van der Waals surface area contributed by atoms with E-state index in [0.717, 1.165) is 0 Å². The SMILES string of the molecule is NC1CC(C(F)(F)F)C2CCCCCC(F)(F)C[C@](O)(C(F)(F)F)C3NNC(O3)C1N2. The lowest BCUT2D eigenvalue weighted by molar-refractivity contribution is -0.314. The van der Waals surface area contributed by atoms with Crippen molar-refractivity contribution in [3.05, 3.63) is 0 Å². The molecular formula is C17H26F8N4O2. The highest BCUT2D eigenvalue weighted by Crippen LogP contribution is 2.44. The van der Waals surface area contributed by atoms with Crippen molar-refractivity contribution in [2.75, 3.05) is 0 Å². The number of piperidine rings is 1. The highest BCUT2D eigenvalue weighted by Gasteiger charge is 2.65. The minimum atomic E-state index is -5.46. The summed E-state index contributed by atoms with van der Waals surface area (Å²) in [5.74, 6) is -5.65. The molecule has 3 heterocycles. The fraction of sp³-hybridized carbons (Fsp3) is 1.00. The lowest BCUT2D eigenvalue weighted by Gasteiger charge is -2.44. The Bertz CT molecular complexity index is 634. The molecule has 7 atom stereocenters. The molecule has 3 aliphatic rings. The summed E-state index contributed by atoms with van der Waals surface area (Å²) < 4.78 is 115. The maximum absolute atomic E-state index is 14.3. The summed E-state index contributed by atoms with van der Waals surface area (Å²) in [4.78, 5) is 0. The van der Waals surface area contributed by atoms with Gasteiger partial charge in [-0.25, -0.2) is 19.6 Å². The van der Waals surface area contributed by atoms with E-state index in [1.807, 2.05) is 5.43 Å². The van der Waals surface area contributed by atoms with Crippen LogP contribution in [0.4, 0.5) is 35.1 Å². The first-order chi connectivity index (χ1) is 14.1. The average molecular weight is 470 g/mol. The second-order valence-corrected chi connectivity index (χ2v) is 8.63. The monoisotopic (exact) mass is 470 g/mol. The van der Waals surface area contributed by atoms with Crippen LogP contribution in [0.15, 0.2) is 0 Å². The van der Waals surface area contributed by atoms with Gasteiger partial charge in [-0.2, -0.15) is 26.3 Å². The molecule has 3 rings (SSSR count). The third kappa shape index (κ3) is 5.24. The van der Waals surface area contributed by atoms with Gasteiger partial charge >= 0.3 is 12.4 Å². The number of alkyl halides is 8. The van der Waals surface area contributed by atoms with Gasteiger partial charge in [0.05, 0.1) is 18.4 Å². The van der Waals surface area contributed by atoms with Gasteiger partial charge in [0.15, 0.2) is 6.23 Å². The van der Waals surface area contributed by atoms with Gasteiger partial charge in [-0.1, -0.05) is 12.8 Å². The van der Waals surface area contributed by atoms with Gasteiger partial charge in [0.1, 0.15) is 6.23 Å². The van der Waals surface area contributed by atoms with Gasteiger partial charge in [0.25, 0.3) is 5.92 Å². The van der Waals surface area contributed by atoms with Crippen molar-refractivity contribution in [1.29, 1.82) is 0 Å². The lowest BCUT2D eigenvalue weighted by Crippen LogP contribution is -2.66. The molecule has 0 amide bonds. The van der Waals surface area contributed by atoms with Crippen LogP contribution in [0.5, 0.6) is 0 Å². The van der Waals surface area contributed by atoms with E-state index >= 15 is 0 Å². The van der Waals surface area contributed by atoms with Crippen molar-refractivity contribution in [2.45, 2.75) is 99.4 Å². The Balaban J connectivity index is 1.90. The molecule has 6 N–H and O–H groups in total. The van der Waals surface area contributed by atoms with E-state index in [2.05, 4.69) is 10.7 Å². The number of nitrogens with one attached hydrogen (secondary N) is 3.